The summed E-state index contributed by atoms with van der Waals surface area (Å²) in [4.78, 5) is 31.6. The molecule has 0 bridgehead atoms. The third-order valence-corrected chi connectivity index (χ3v) is 4.97. The normalized spacial score (nSPS) is 12.1. The van der Waals surface area contributed by atoms with Crippen LogP contribution in [0.25, 0.3) is 22.1 Å². The van der Waals surface area contributed by atoms with E-state index in [1.807, 2.05) is 25.1 Å². The molecule has 0 saturated heterocycles. The first kappa shape index (κ1) is 19.8. The van der Waals surface area contributed by atoms with Crippen LogP contribution in [0.15, 0.2) is 36.9 Å². The number of hydrogen-bond acceptors (Lipinski definition) is 7. The van der Waals surface area contributed by atoms with Crippen molar-refractivity contribution in [3.63, 3.8) is 0 Å². The van der Waals surface area contributed by atoms with E-state index < -0.39 is 0 Å². The van der Waals surface area contributed by atoms with Crippen molar-refractivity contribution >= 4 is 51.2 Å². The number of halogens is 1. The van der Waals surface area contributed by atoms with Crippen molar-refractivity contribution in [2.24, 2.45) is 0 Å². The van der Waals surface area contributed by atoms with Crippen LogP contribution in [0.3, 0.4) is 0 Å². The Morgan fingerprint density at radius 1 is 1.20 bits per heavy atom. The second kappa shape index (κ2) is 8.50. The number of anilines is 2. The molecule has 3 aromatic heterocycles. The third-order valence-electron chi connectivity index (χ3n) is 4.66. The monoisotopic (exact) mass is 424 g/mol. The zero-order valence-corrected chi connectivity index (χ0v) is 17.3. The highest BCUT2D eigenvalue weighted by Gasteiger charge is 2.17. The third kappa shape index (κ3) is 4.11. The Morgan fingerprint density at radius 2 is 2.07 bits per heavy atom. The van der Waals surface area contributed by atoms with E-state index in [1.165, 1.54) is 13.3 Å². The van der Waals surface area contributed by atoms with Gasteiger partial charge in [-0.15, -0.1) is 0 Å². The minimum Gasteiger partial charge on any atom is -0.368 e. The lowest BCUT2D eigenvalue weighted by molar-refractivity contribution is -0.118. The molecule has 3 heterocycles. The Bertz CT molecular complexity index is 1210. The number of aromatic nitrogens is 5. The van der Waals surface area contributed by atoms with Gasteiger partial charge in [-0.3, -0.25) is 4.79 Å². The molecular weight excluding hydrogens is 404 g/mol. The van der Waals surface area contributed by atoms with Crippen LogP contribution in [0.5, 0.6) is 0 Å². The second-order valence-corrected chi connectivity index (χ2v) is 7.24. The average molecular weight is 425 g/mol. The number of aromatic amines is 1. The summed E-state index contributed by atoms with van der Waals surface area (Å²) in [6, 6.07) is 7.61. The molecule has 10 heteroatoms. The highest BCUT2D eigenvalue weighted by molar-refractivity contribution is 6.35. The van der Waals surface area contributed by atoms with Crippen LogP contribution < -0.4 is 16.0 Å². The number of hydrogen-bond donors (Lipinski definition) is 4. The predicted octanol–water partition coefficient (Wildman–Crippen LogP) is 3.28. The number of fused-ring (bicyclic) bond motifs is 2. The number of amides is 1. The van der Waals surface area contributed by atoms with Crippen molar-refractivity contribution in [1.82, 2.24) is 30.2 Å². The Balaban J connectivity index is 1.67. The summed E-state index contributed by atoms with van der Waals surface area (Å²) in [5.41, 5.74) is 2.99. The molecular formula is C20H21ClN8O. The SMILES string of the molecule is CC(=O)NCCNc1nc2c(Cl)cccc2cc1C(C)Nc1ncnc2nc[nH]c12. The van der Waals surface area contributed by atoms with Gasteiger partial charge in [0.15, 0.2) is 11.5 Å². The van der Waals surface area contributed by atoms with Gasteiger partial charge in [0.25, 0.3) is 0 Å². The molecule has 0 spiro atoms. The van der Waals surface area contributed by atoms with E-state index in [0.29, 0.717) is 35.4 Å². The summed E-state index contributed by atoms with van der Waals surface area (Å²) >= 11 is 6.36. The fourth-order valence-corrected chi connectivity index (χ4v) is 3.45. The van der Waals surface area contributed by atoms with Gasteiger partial charge in [-0.25, -0.2) is 19.9 Å². The Hall–Kier alpha value is -3.46. The number of carbonyl (C=O) groups excluding carboxylic acids is 1. The van der Waals surface area contributed by atoms with Gasteiger partial charge in [0.05, 0.1) is 22.9 Å². The summed E-state index contributed by atoms with van der Waals surface area (Å²) in [6.07, 6.45) is 3.06. The second-order valence-electron chi connectivity index (χ2n) is 6.84. The lowest BCUT2D eigenvalue weighted by Crippen LogP contribution is -2.27. The fraction of sp³-hybridized carbons (Fsp3) is 0.250. The van der Waals surface area contributed by atoms with Crippen molar-refractivity contribution in [3.8, 4) is 0 Å². The van der Waals surface area contributed by atoms with Gasteiger partial charge in [-0.2, -0.15) is 0 Å². The summed E-state index contributed by atoms with van der Waals surface area (Å²) in [7, 11) is 0. The van der Waals surface area contributed by atoms with E-state index in [4.69, 9.17) is 16.6 Å². The largest absolute Gasteiger partial charge is 0.368 e. The molecule has 0 aliphatic heterocycles. The molecule has 0 aliphatic carbocycles. The number of pyridine rings is 1. The molecule has 4 rings (SSSR count). The molecule has 1 unspecified atom stereocenters. The molecule has 4 aromatic rings. The number of benzene rings is 1. The topological polar surface area (TPSA) is 121 Å². The lowest BCUT2D eigenvalue weighted by Gasteiger charge is -2.20. The van der Waals surface area contributed by atoms with Crippen LogP contribution in [0.1, 0.15) is 25.5 Å². The van der Waals surface area contributed by atoms with Crippen molar-refractivity contribution in [2.45, 2.75) is 19.9 Å². The van der Waals surface area contributed by atoms with Gasteiger partial charge in [0.1, 0.15) is 17.7 Å². The molecule has 1 aromatic carbocycles. The number of para-hydroxylation sites is 1. The highest BCUT2D eigenvalue weighted by Crippen LogP contribution is 2.31. The number of nitrogens with one attached hydrogen (secondary N) is 4. The van der Waals surface area contributed by atoms with E-state index in [-0.39, 0.29) is 11.9 Å². The zero-order valence-electron chi connectivity index (χ0n) is 16.5. The Labute approximate surface area is 177 Å². The van der Waals surface area contributed by atoms with E-state index in [1.54, 1.807) is 6.33 Å². The summed E-state index contributed by atoms with van der Waals surface area (Å²) in [6.45, 7) is 4.53. The Morgan fingerprint density at radius 3 is 2.90 bits per heavy atom. The molecule has 4 N–H and O–H groups in total. The maximum absolute atomic E-state index is 11.1. The quantitative estimate of drug-likeness (QED) is 0.336. The van der Waals surface area contributed by atoms with Gasteiger partial charge < -0.3 is 20.9 Å². The first-order chi connectivity index (χ1) is 14.5. The first-order valence-corrected chi connectivity index (χ1v) is 9.89. The average Bonchev–Trinajstić information content (AvgIpc) is 3.21. The smallest absolute Gasteiger partial charge is 0.216 e. The van der Waals surface area contributed by atoms with Crippen LogP contribution in [-0.2, 0) is 4.79 Å². The van der Waals surface area contributed by atoms with Gasteiger partial charge in [0, 0.05) is 31.0 Å². The van der Waals surface area contributed by atoms with Crippen molar-refractivity contribution < 1.29 is 4.79 Å². The standard InChI is InChI=1S/C20H21ClN8O/c1-11(28-20-17-19(25-9-24-17)26-10-27-20)14-8-13-4-3-5-15(21)16(13)29-18(14)23-7-6-22-12(2)30/h3-5,8-11H,6-7H2,1-2H3,(H,22,30)(H,23,29)(H2,24,25,26,27,28). The van der Waals surface area contributed by atoms with Gasteiger partial charge in [-0.05, 0) is 19.1 Å². The number of rotatable bonds is 7. The maximum Gasteiger partial charge on any atom is 0.216 e. The van der Waals surface area contributed by atoms with E-state index in [0.717, 1.165) is 22.0 Å². The lowest BCUT2D eigenvalue weighted by atomic mass is 10.1. The van der Waals surface area contributed by atoms with E-state index >= 15 is 0 Å². The molecule has 1 amide bonds. The van der Waals surface area contributed by atoms with Crippen LogP contribution in [0.4, 0.5) is 11.6 Å². The van der Waals surface area contributed by atoms with Crippen molar-refractivity contribution in [3.05, 3.63) is 47.5 Å². The predicted molar refractivity (Wildman–Crippen MR) is 118 cm³/mol. The number of imidazole rings is 1. The van der Waals surface area contributed by atoms with E-state index in [2.05, 4.69) is 42.0 Å². The van der Waals surface area contributed by atoms with E-state index in [9.17, 15) is 4.79 Å². The molecule has 9 nitrogen and oxygen atoms in total. The summed E-state index contributed by atoms with van der Waals surface area (Å²) in [5.74, 6) is 1.27. The first-order valence-electron chi connectivity index (χ1n) is 9.51. The van der Waals surface area contributed by atoms with Gasteiger partial charge >= 0.3 is 0 Å². The molecule has 0 saturated carbocycles. The minimum atomic E-state index is -0.134. The van der Waals surface area contributed by atoms with Crippen LogP contribution in [-0.4, -0.2) is 43.9 Å². The highest BCUT2D eigenvalue weighted by atomic mass is 35.5. The van der Waals surface area contributed by atoms with Gasteiger partial charge in [-0.1, -0.05) is 23.7 Å². The van der Waals surface area contributed by atoms with Crippen molar-refractivity contribution in [2.75, 3.05) is 23.7 Å². The Kier molecular flexibility index (Phi) is 5.62. The molecule has 0 radical (unpaired) electrons. The number of carbonyl (C=O) groups is 1. The summed E-state index contributed by atoms with van der Waals surface area (Å²) in [5, 5.41) is 11.0. The minimum absolute atomic E-state index is 0.0751. The molecule has 30 heavy (non-hydrogen) atoms. The molecule has 154 valence electrons. The molecule has 1 atom stereocenters. The maximum atomic E-state index is 11.1. The van der Waals surface area contributed by atoms with Gasteiger partial charge in [0.2, 0.25) is 5.91 Å². The van der Waals surface area contributed by atoms with Crippen LogP contribution in [0.2, 0.25) is 5.02 Å². The zero-order chi connectivity index (χ0) is 21.1. The molecule has 0 aliphatic rings. The van der Waals surface area contributed by atoms with Crippen molar-refractivity contribution in [1.29, 1.82) is 0 Å². The molecule has 0 fully saturated rings. The fourth-order valence-electron chi connectivity index (χ4n) is 3.23. The number of H-pyrrole nitrogens is 1. The van der Waals surface area contributed by atoms with Crippen LogP contribution in [0, 0.1) is 0 Å². The summed E-state index contributed by atoms with van der Waals surface area (Å²) < 4.78 is 0. The number of nitrogens with zero attached hydrogens (tertiary/aromatic N) is 4. The van der Waals surface area contributed by atoms with Crippen LogP contribution >= 0.6 is 11.6 Å².